The lowest BCUT2D eigenvalue weighted by molar-refractivity contribution is 1.61. The van der Waals surface area contributed by atoms with Crippen molar-refractivity contribution in [3.8, 4) is 0 Å². The van der Waals surface area contributed by atoms with Crippen LogP contribution in [0, 0.1) is 0 Å². The predicted molar refractivity (Wildman–Crippen MR) is 131 cm³/mol. The van der Waals surface area contributed by atoms with Crippen molar-refractivity contribution in [2.75, 3.05) is 0 Å². The fourth-order valence-corrected chi connectivity index (χ4v) is 11.2. The van der Waals surface area contributed by atoms with E-state index in [9.17, 15) is 0 Å². The molecule has 0 saturated heterocycles. The van der Waals surface area contributed by atoms with Gasteiger partial charge in [0.2, 0.25) is 0 Å². The maximum absolute atomic E-state index is 5.68. The third-order valence-electron chi connectivity index (χ3n) is 5.16. The highest BCUT2D eigenvalue weighted by atomic mass is 31.2. The van der Waals surface area contributed by atoms with Crippen molar-refractivity contribution in [3.63, 3.8) is 0 Å². The van der Waals surface area contributed by atoms with E-state index in [2.05, 4.69) is 97.1 Å². The largest absolute Gasteiger partial charge is 0.224 e. The van der Waals surface area contributed by atoms with Crippen molar-refractivity contribution in [3.05, 3.63) is 121 Å². The zero-order chi connectivity index (χ0) is 20.3. The molecule has 0 fully saturated rings. The Labute approximate surface area is 177 Å². The van der Waals surface area contributed by atoms with E-state index in [1.54, 1.807) is 6.34 Å². The normalized spacial score (nSPS) is 16.3. The van der Waals surface area contributed by atoms with E-state index in [0.29, 0.717) is 0 Å². The van der Waals surface area contributed by atoms with Crippen LogP contribution in [0.25, 0.3) is 0 Å². The molecular formula is C25H21N3P2. The molecular weight excluding hydrogens is 404 g/mol. The van der Waals surface area contributed by atoms with Crippen LogP contribution >= 0.6 is 14.4 Å². The molecule has 146 valence electrons. The molecule has 0 radical (unpaired) electrons. The second kappa shape index (κ2) is 8.03. The lowest BCUT2D eigenvalue weighted by atomic mass is 10.4. The van der Waals surface area contributed by atoms with Crippen molar-refractivity contribution in [2.45, 2.75) is 0 Å². The van der Waals surface area contributed by atoms with Crippen LogP contribution in [0.15, 0.2) is 135 Å². The fourth-order valence-electron chi connectivity index (χ4n) is 3.72. The molecule has 0 saturated carbocycles. The molecule has 1 aliphatic rings. The number of nitrogens with zero attached hydrogens (tertiary/aromatic N) is 3. The van der Waals surface area contributed by atoms with Crippen molar-refractivity contribution >= 4 is 42.0 Å². The van der Waals surface area contributed by atoms with Gasteiger partial charge in [0, 0.05) is 21.2 Å². The average Bonchev–Trinajstić information content (AvgIpc) is 2.86. The quantitative estimate of drug-likeness (QED) is 0.384. The van der Waals surface area contributed by atoms with E-state index in [1.807, 2.05) is 24.3 Å². The number of hydrogen-bond acceptors (Lipinski definition) is 3. The summed E-state index contributed by atoms with van der Waals surface area (Å²) in [6.07, 6.45) is 1.79. The third-order valence-corrected chi connectivity index (χ3v) is 12.2. The maximum Gasteiger partial charge on any atom is 0.138 e. The van der Waals surface area contributed by atoms with Gasteiger partial charge in [-0.25, -0.2) is 14.0 Å². The summed E-state index contributed by atoms with van der Waals surface area (Å²) in [7, 11) is -4.79. The fraction of sp³-hybridized carbons (Fsp3) is 0. The Bertz CT molecular complexity index is 1110. The molecule has 1 aliphatic heterocycles. The molecule has 0 amide bonds. The van der Waals surface area contributed by atoms with E-state index in [-0.39, 0.29) is 0 Å². The molecule has 30 heavy (non-hydrogen) atoms. The summed E-state index contributed by atoms with van der Waals surface area (Å²) in [6, 6.07) is 41.9. The zero-order valence-corrected chi connectivity index (χ0v) is 18.1. The summed E-state index contributed by atoms with van der Waals surface area (Å²) in [5, 5.41) is 4.61. The summed E-state index contributed by atoms with van der Waals surface area (Å²) >= 11 is 0. The molecule has 5 heteroatoms. The first-order valence-electron chi connectivity index (χ1n) is 9.85. The van der Waals surface area contributed by atoms with E-state index >= 15 is 0 Å². The lowest BCUT2D eigenvalue weighted by Crippen LogP contribution is -2.21. The predicted octanol–water partition coefficient (Wildman–Crippen LogP) is 5.56. The molecule has 1 heterocycles. The van der Waals surface area contributed by atoms with Gasteiger partial charge in [-0.1, -0.05) is 121 Å². The van der Waals surface area contributed by atoms with Gasteiger partial charge in [-0.3, -0.25) is 0 Å². The summed E-state index contributed by atoms with van der Waals surface area (Å²) in [4.78, 5) is 0. The number of rotatable bonds is 4. The molecule has 0 aromatic heterocycles. The topological polar surface area (TPSA) is 37.1 Å². The minimum absolute atomic E-state index is 1.15. The monoisotopic (exact) mass is 425 g/mol. The molecule has 3 nitrogen and oxygen atoms in total. The molecule has 0 bridgehead atoms. The van der Waals surface area contributed by atoms with Crippen LogP contribution in [-0.4, -0.2) is 6.34 Å². The van der Waals surface area contributed by atoms with Crippen molar-refractivity contribution in [2.24, 2.45) is 14.0 Å². The van der Waals surface area contributed by atoms with E-state index < -0.39 is 14.4 Å². The molecule has 0 spiro atoms. The van der Waals surface area contributed by atoms with Crippen LogP contribution in [0.3, 0.4) is 0 Å². The SMILES string of the molecule is C1=NP(c2ccccc2)(c2ccccc2)=NP(c2ccccc2)(c2ccccc2)=N1. The third kappa shape index (κ3) is 3.21. The van der Waals surface area contributed by atoms with Gasteiger partial charge in [-0.15, -0.1) is 0 Å². The second-order valence-corrected chi connectivity index (χ2v) is 12.6. The van der Waals surface area contributed by atoms with Crippen LogP contribution in [0.2, 0.25) is 0 Å². The Morgan fingerprint density at radius 2 is 0.733 bits per heavy atom. The first kappa shape index (κ1) is 19.0. The van der Waals surface area contributed by atoms with Gasteiger partial charge >= 0.3 is 0 Å². The summed E-state index contributed by atoms with van der Waals surface area (Å²) in [6.45, 7) is 0. The summed E-state index contributed by atoms with van der Waals surface area (Å²) in [5.41, 5.74) is 0. The van der Waals surface area contributed by atoms with Crippen LogP contribution in [0.5, 0.6) is 0 Å². The standard InChI is InChI=1S/C25H21N3P2/c1-5-13-22(14-6-1)29(23-15-7-2-8-16-23)26-21-27-30(28-29,24-17-9-3-10-18-24)25-19-11-4-12-20-25/h1-21H. The van der Waals surface area contributed by atoms with Crippen LogP contribution in [0.1, 0.15) is 0 Å². The van der Waals surface area contributed by atoms with Crippen LogP contribution < -0.4 is 21.2 Å². The lowest BCUT2D eigenvalue weighted by Gasteiger charge is -2.30. The minimum Gasteiger partial charge on any atom is -0.224 e. The Morgan fingerprint density at radius 3 is 1.10 bits per heavy atom. The van der Waals surface area contributed by atoms with Gasteiger partial charge in [-0.05, 0) is 0 Å². The molecule has 0 aliphatic carbocycles. The van der Waals surface area contributed by atoms with Gasteiger partial charge in [0.05, 0.1) is 0 Å². The van der Waals surface area contributed by atoms with Gasteiger partial charge in [0.1, 0.15) is 20.7 Å². The van der Waals surface area contributed by atoms with E-state index in [4.69, 9.17) is 14.0 Å². The molecule has 5 rings (SSSR count). The van der Waals surface area contributed by atoms with Crippen molar-refractivity contribution in [1.82, 2.24) is 0 Å². The zero-order valence-electron chi connectivity index (χ0n) is 16.4. The van der Waals surface area contributed by atoms with Crippen molar-refractivity contribution < 1.29 is 0 Å². The highest BCUT2D eigenvalue weighted by Crippen LogP contribution is 2.64. The van der Waals surface area contributed by atoms with Gasteiger partial charge in [0.15, 0.2) is 0 Å². The Morgan fingerprint density at radius 1 is 0.400 bits per heavy atom. The Kier molecular flexibility index (Phi) is 5.09. The summed E-state index contributed by atoms with van der Waals surface area (Å²) in [5.74, 6) is 0. The van der Waals surface area contributed by atoms with Gasteiger partial charge in [-0.2, -0.15) is 0 Å². The number of benzene rings is 4. The first-order valence-corrected chi connectivity index (χ1v) is 13.2. The van der Waals surface area contributed by atoms with Crippen LogP contribution in [0.4, 0.5) is 0 Å². The second-order valence-electron chi connectivity index (χ2n) is 6.98. The van der Waals surface area contributed by atoms with E-state index in [0.717, 1.165) is 21.2 Å². The molecule has 4 aromatic carbocycles. The highest BCUT2D eigenvalue weighted by molar-refractivity contribution is 7.90. The molecule has 0 atom stereocenters. The highest BCUT2D eigenvalue weighted by Gasteiger charge is 2.34. The Balaban J connectivity index is 1.91. The molecule has 0 N–H and O–H groups in total. The van der Waals surface area contributed by atoms with Crippen LogP contribution in [-0.2, 0) is 0 Å². The number of hydrogen-bond donors (Lipinski definition) is 0. The van der Waals surface area contributed by atoms with Gasteiger partial charge in [0.25, 0.3) is 0 Å². The van der Waals surface area contributed by atoms with Crippen molar-refractivity contribution in [1.29, 1.82) is 0 Å². The minimum atomic E-state index is -2.40. The Hall–Kier alpha value is -2.99. The molecule has 0 unspecified atom stereocenters. The van der Waals surface area contributed by atoms with Gasteiger partial charge < -0.3 is 0 Å². The molecule has 4 aromatic rings. The summed E-state index contributed by atoms with van der Waals surface area (Å²) < 4.78 is 15.7. The van der Waals surface area contributed by atoms with E-state index in [1.165, 1.54) is 0 Å². The first-order chi connectivity index (χ1) is 14.8. The maximum atomic E-state index is 5.68. The smallest absolute Gasteiger partial charge is 0.138 e. The average molecular weight is 425 g/mol.